The average molecular weight is 318 g/mol. The lowest BCUT2D eigenvalue weighted by molar-refractivity contribution is 0.0651. The van der Waals surface area contributed by atoms with Crippen LogP contribution in [-0.2, 0) is 11.2 Å². The predicted molar refractivity (Wildman–Crippen MR) is 90.8 cm³/mol. The number of nitrogens with zero attached hydrogens (tertiary/aromatic N) is 2. The van der Waals surface area contributed by atoms with Crippen LogP contribution in [0.3, 0.4) is 0 Å². The van der Waals surface area contributed by atoms with Crippen molar-refractivity contribution in [3.05, 3.63) is 17.5 Å². The van der Waals surface area contributed by atoms with Crippen molar-refractivity contribution in [3.8, 4) is 0 Å². The molecule has 0 saturated carbocycles. The van der Waals surface area contributed by atoms with Gasteiger partial charge in [0, 0.05) is 31.4 Å². The van der Waals surface area contributed by atoms with Gasteiger partial charge in [0.15, 0.2) is 0 Å². The third kappa shape index (κ3) is 3.06. The van der Waals surface area contributed by atoms with Crippen LogP contribution >= 0.6 is 0 Å². The summed E-state index contributed by atoms with van der Waals surface area (Å²) < 4.78 is 7.89. The molecular formula is C18H30N4O. The molecule has 3 unspecified atom stereocenters. The number of aromatic nitrogens is 2. The molecule has 128 valence electrons. The maximum atomic E-state index is 5.54. The number of hydrogen-bond acceptors (Lipinski definition) is 4. The molecule has 0 spiro atoms. The van der Waals surface area contributed by atoms with Crippen LogP contribution in [0.15, 0.2) is 6.07 Å². The number of fused-ring (bicyclic) bond motifs is 1. The highest BCUT2D eigenvalue weighted by Gasteiger charge is 2.39. The zero-order valence-corrected chi connectivity index (χ0v) is 14.4. The Kier molecular flexibility index (Phi) is 4.43. The van der Waals surface area contributed by atoms with Gasteiger partial charge in [-0.25, -0.2) is 0 Å². The molecule has 3 saturated heterocycles. The van der Waals surface area contributed by atoms with Crippen LogP contribution in [0.25, 0.3) is 0 Å². The van der Waals surface area contributed by atoms with Crippen molar-refractivity contribution < 1.29 is 4.74 Å². The SMILES string of the molecule is CC(C)c1cc(CC2NCC3CNCC32)n(C2CCOCC2)n1. The molecule has 3 aliphatic heterocycles. The second-order valence-corrected chi connectivity index (χ2v) is 7.80. The number of hydrogen-bond donors (Lipinski definition) is 2. The molecule has 5 nitrogen and oxygen atoms in total. The summed E-state index contributed by atoms with van der Waals surface area (Å²) in [5.41, 5.74) is 2.66. The fourth-order valence-corrected chi connectivity index (χ4v) is 4.49. The lowest BCUT2D eigenvalue weighted by atomic mass is 9.91. The Morgan fingerprint density at radius 1 is 1.26 bits per heavy atom. The molecule has 1 aromatic rings. The van der Waals surface area contributed by atoms with Crippen LogP contribution in [0, 0.1) is 11.8 Å². The van der Waals surface area contributed by atoms with E-state index < -0.39 is 0 Å². The normalized spacial score (nSPS) is 31.9. The quantitative estimate of drug-likeness (QED) is 0.887. The zero-order chi connectivity index (χ0) is 15.8. The van der Waals surface area contributed by atoms with Gasteiger partial charge in [0.05, 0.1) is 11.7 Å². The van der Waals surface area contributed by atoms with Crippen LogP contribution in [0.1, 0.15) is 50.0 Å². The van der Waals surface area contributed by atoms with E-state index in [4.69, 9.17) is 9.84 Å². The second-order valence-electron chi connectivity index (χ2n) is 7.80. The Labute approximate surface area is 139 Å². The fraction of sp³-hybridized carbons (Fsp3) is 0.833. The molecule has 0 bridgehead atoms. The minimum absolute atomic E-state index is 0.493. The number of ether oxygens (including phenoxy) is 1. The first-order chi connectivity index (χ1) is 11.2. The minimum atomic E-state index is 0.493. The Morgan fingerprint density at radius 2 is 2.09 bits per heavy atom. The summed E-state index contributed by atoms with van der Waals surface area (Å²) in [6, 6.07) is 3.48. The molecule has 5 heteroatoms. The van der Waals surface area contributed by atoms with Gasteiger partial charge in [0.1, 0.15) is 0 Å². The fourth-order valence-electron chi connectivity index (χ4n) is 4.49. The topological polar surface area (TPSA) is 51.1 Å². The highest BCUT2D eigenvalue weighted by molar-refractivity contribution is 5.17. The summed E-state index contributed by atoms with van der Waals surface area (Å²) in [4.78, 5) is 0. The lowest BCUT2D eigenvalue weighted by Crippen LogP contribution is -2.34. The Morgan fingerprint density at radius 3 is 2.87 bits per heavy atom. The maximum Gasteiger partial charge on any atom is 0.0653 e. The molecule has 4 rings (SSSR count). The highest BCUT2D eigenvalue weighted by atomic mass is 16.5. The monoisotopic (exact) mass is 318 g/mol. The predicted octanol–water partition coefficient (Wildman–Crippen LogP) is 1.71. The van der Waals surface area contributed by atoms with Crippen LogP contribution in [0.5, 0.6) is 0 Å². The summed E-state index contributed by atoms with van der Waals surface area (Å²) in [5.74, 6) is 2.10. The molecule has 3 fully saturated rings. The van der Waals surface area contributed by atoms with Crippen molar-refractivity contribution in [2.24, 2.45) is 11.8 Å². The van der Waals surface area contributed by atoms with E-state index in [9.17, 15) is 0 Å². The summed E-state index contributed by atoms with van der Waals surface area (Å²) in [5, 5.41) is 12.3. The molecule has 0 aromatic carbocycles. The van der Waals surface area contributed by atoms with Crippen LogP contribution in [-0.4, -0.2) is 48.7 Å². The summed E-state index contributed by atoms with van der Waals surface area (Å²) in [6.07, 6.45) is 3.30. The maximum absolute atomic E-state index is 5.54. The van der Waals surface area contributed by atoms with Crippen molar-refractivity contribution in [2.75, 3.05) is 32.8 Å². The molecular weight excluding hydrogens is 288 g/mol. The Hall–Kier alpha value is -0.910. The van der Waals surface area contributed by atoms with Gasteiger partial charge in [0.25, 0.3) is 0 Å². The van der Waals surface area contributed by atoms with Crippen molar-refractivity contribution in [2.45, 2.75) is 51.1 Å². The van der Waals surface area contributed by atoms with Crippen LogP contribution < -0.4 is 10.6 Å². The van der Waals surface area contributed by atoms with Gasteiger partial charge in [-0.2, -0.15) is 5.10 Å². The van der Waals surface area contributed by atoms with Gasteiger partial charge < -0.3 is 15.4 Å². The average Bonchev–Trinajstić information content (AvgIpc) is 3.25. The van der Waals surface area contributed by atoms with Gasteiger partial charge >= 0.3 is 0 Å². The first-order valence-electron chi connectivity index (χ1n) is 9.32. The van der Waals surface area contributed by atoms with Gasteiger partial charge in [-0.1, -0.05) is 13.8 Å². The second kappa shape index (κ2) is 6.54. The molecule has 0 radical (unpaired) electrons. The lowest BCUT2D eigenvalue weighted by Gasteiger charge is -2.26. The van der Waals surface area contributed by atoms with Crippen molar-refractivity contribution >= 4 is 0 Å². The summed E-state index contributed by atoms with van der Waals surface area (Å²) in [6.45, 7) is 9.76. The Bertz CT molecular complexity index is 535. The van der Waals surface area contributed by atoms with Crippen molar-refractivity contribution in [1.29, 1.82) is 0 Å². The van der Waals surface area contributed by atoms with E-state index in [-0.39, 0.29) is 0 Å². The largest absolute Gasteiger partial charge is 0.381 e. The molecule has 2 N–H and O–H groups in total. The summed E-state index contributed by atoms with van der Waals surface area (Å²) in [7, 11) is 0. The molecule has 23 heavy (non-hydrogen) atoms. The molecule has 3 aliphatic rings. The van der Waals surface area contributed by atoms with E-state index >= 15 is 0 Å². The molecule has 0 aliphatic carbocycles. The zero-order valence-electron chi connectivity index (χ0n) is 14.4. The van der Waals surface area contributed by atoms with Gasteiger partial charge in [0.2, 0.25) is 0 Å². The van der Waals surface area contributed by atoms with E-state index in [1.165, 1.54) is 31.0 Å². The standard InChI is InChI=1S/C18H30N4O/c1-12(2)17-7-15(22(21-17)14-3-5-23-6-4-14)8-18-16-11-19-9-13(16)10-20-18/h7,12-14,16,18-20H,3-6,8-11H2,1-2H3. The molecule has 4 heterocycles. The van der Waals surface area contributed by atoms with E-state index in [2.05, 4.69) is 35.2 Å². The summed E-state index contributed by atoms with van der Waals surface area (Å²) >= 11 is 0. The van der Waals surface area contributed by atoms with E-state index in [0.717, 1.165) is 44.3 Å². The molecule has 3 atom stereocenters. The van der Waals surface area contributed by atoms with Crippen LogP contribution in [0.2, 0.25) is 0 Å². The first-order valence-corrected chi connectivity index (χ1v) is 9.32. The van der Waals surface area contributed by atoms with E-state index in [0.29, 0.717) is 18.0 Å². The van der Waals surface area contributed by atoms with Gasteiger partial charge in [-0.3, -0.25) is 4.68 Å². The Balaban J connectivity index is 1.56. The molecule has 0 amide bonds. The highest BCUT2D eigenvalue weighted by Crippen LogP contribution is 2.30. The van der Waals surface area contributed by atoms with Crippen molar-refractivity contribution in [1.82, 2.24) is 20.4 Å². The van der Waals surface area contributed by atoms with Gasteiger partial charge in [-0.05, 0) is 56.3 Å². The van der Waals surface area contributed by atoms with Crippen LogP contribution in [0.4, 0.5) is 0 Å². The third-order valence-corrected chi connectivity index (χ3v) is 5.94. The van der Waals surface area contributed by atoms with E-state index in [1.807, 2.05) is 0 Å². The minimum Gasteiger partial charge on any atom is -0.381 e. The third-order valence-electron chi connectivity index (χ3n) is 5.94. The van der Waals surface area contributed by atoms with E-state index in [1.54, 1.807) is 0 Å². The molecule has 1 aromatic heterocycles. The van der Waals surface area contributed by atoms with Gasteiger partial charge in [-0.15, -0.1) is 0 Å². The van der Waals surface area contributed by atoms with Crippen molar-refractivity contribution in [3.63, 3.8) is 0 Å². The first kappa shape index (κ1) is 15.6. The number of nitrogens with one attached hydrogen (secondary N) is 2. The number of rotatable bonds is 4. The smallest absolute Gasteiger partial charge is 0.0653 e.